The first-order valence-corrected chi connectivity index (χ1v) is 4.64. The molecule has 1 saturated heterocycles. The first-order valence-electron chi connectivity index (χ1n) is 4.64. The van der Waals surface area contributed by atoms with Gasteiger partial charge in [-0.25, -0.2) is 4.39 Å². The minimum atomic E-state index is -0.216. The minimum absolute atomic E-state index is 0.0694. The Kier molecular flexibility index (Phi) is 2.52. The van der Waals surface area contributed by atoms with Crippen molar-refractivity contribution < 1.29 is 13.9 Å². The van der Waals surface area contributed by atoms with E-state index < -0.39 is 0 Å². The Morgan fingerprint density at radius 2 is 2.07 bits per heavy atom. The molecule has 0 N–H and O–H groups in total. The van der Waals surface area contributed by atoms with Gasteiger partial charge in [0.25, 0.3) is 0 Å². The zero-order chi connectivity index (χ0) is 10.0. The topological polar surface area (TPSA) is 21.8 Å². The van der Waals surface area contributed by atoms with Crippen molar-refractivity contribution in [3.8, 4) is 0 Å². The molecule has 0 aliphatic carbocycles. The summed E-state index contributed by atoms with van der Waals surface area (Å²) in [7, 11) is 0. The molecule has 1 aromatic rings. The number of epoxide rings is 1. The largest absolute Gasteiger partial charge is 0.374 e. The van der Waals surface area contributed by atoms with Crippen molar-refractivity contribution in [3.05, 3.63) is 35.6 Å². The SMILES string of the molecule is CC1(COCc2ccc(F)cc2)CO1. The molecule has 76 valence electrons. The van der Waals surface area contributed by atoms with Gasteiger partial charge in [-0.2, -0.15) is 0 Å². The van der Waals surface area contributed by atoms with Gasteiger partial charge >= 0.3 is 0 Å². The molecule has 0 spiro atoms. The number of hydrogen-bond acceptors (Lipinski definition) is 2. The lowest BCUT2D eigenvalue weighted by Gasteiger charge is -2.06. The summed E-state index contributed by atoms with van der Waals surface area (Å²) >= 11 is 0. The van der Waals surface area contributed by atoms with Crippen molar-refractivity contribution in [2.45, 2.75) is 19.1 Å². The van der Waals surface area contributed by atoms with Crippen LogP contribution in [0.5, 0.6) is 0 Å². The fourth-order valence-corrected chi connectivity index (χ4v) is 1.17. The second kappa shape index (κ2) is 3.67. The van der Waals surface area contributed by atoms with Crippen LogP contribution in [0.4, 0.5) is 4.39 Å². The predicted octanol–water partition coefficient (Wildman–Crippen LogP) is 2.13. The molecule has 0 bridgehead atoms. The molecule has 3 heteroatoms. The highest BCUT2D eigenvalue weighted by Gasteiger charge is 2.39. The lowest BCUT2D eigenvalue weighted by molar-refractivity contribution is 0.0742. The predicted molar refractivity (Wildman–Crippen MR) is 50.4 cm³/mol. The highest BCUT2D eigenvalue weighted by Crippen LogP contribution is 2.26. The third-order valence-corrected chi connectivity index (χ3v) is 2.23. The molecular weight excluding hydrogens is 183 g/mol. The maximum atomic E-state index is 12.5. The number of rotatable bonds is 4. The molecule has 1 aliphatic heterocycles. The monoisotopic (exact) mass is 196 g/mol. The van der Waals surface area contributed by atoms with E-state index >= 15 is 0 Å². The third-order valence-electron chi connectivity index (χ3n) is 2.23. The van der Waals surface area contributed by atoms with Gasteiger partial charge in [0.15, 0.2) is 0 Å². The fraction of sp³-hybridized carbons (Fsp3) is 0.455. The van der Waals surface area contributed by atoms with Gasteiger partial charge in [-0.15, -0.1) is 0 Å². The van der Waals surface area contributed by atoms with Crippen LogP contribution < -0.4 is 0 Å². The summed E-state index contributed by atoms with van der Waals surface area (Å²) in [4.78, 5) is 0. The highest BCUT2D eigenvalue weighted by molar-refractivity contribution is 5.14. The summed E-state index contributed by atoms with van der Waals surface area (Å²) in [5.41, 5.74) is 0.913. The quantitative estimate of drug-likeness (QED) is 0.688. The number of ether oxygens (including phenoxy) is 2. The molecule has 0 aromatic heterocycles. The Morgan fingerprint density at radius 3 is 2.64 bits per heavy atom. The van der Waals surface area contributed by atoms with Crippen LogP contribution in [-0.4, -0.2) is 18.8 Å². The number of benzene rings is 1. The van der Waals surface area contributed by atoms with Crippen molar-refractivity contribution >= 4 is 0 Å². The Hall–Kier alpha value is -0.930. The lowest BCUT2D eigenvalue weighted by Crippen LogP contribution is -2.14. The van der Waals surface area contributed by atoms with Crippen LogP contribution in [0.3, 0.4) is 0 Å². The van der Waals surface area contributed by atoms with E-state index in [9.17, 15) is 4.39 Å². The van der Waals surface area contributed by atoms with E-state index in [1.54, 1.807) is 12.1 Å². The van der Waals surface area contributed by atoms with Crippen LogP contribution in [0.25, 0.3) is 0 Å². The summed E-state index contributed by atoms with van der Waals surface area (Å²) in [6.45, 7) is 3.90. The van der Waals surface area contributed by atoms with E-state index in [2.05, 4.69) is 0 Å². The molecule has 1 aromatic carbocycles. The van der Waals surface area contributed by atoms with E-state index in [1.165, 1.54) is 12.1 Å². The third kappa shape index (κ3) is 2.53. The fourth-order valence-electron chi connectivity index (χ4n) is 1.17. The molecule has 1 unspecified atom stereocenters. The first-order chi connectivity index (χ1) is 6.68. The Morgan fingerprint density at radius 1 is 1.43 bits per heavy atom. The average Bonchev–Trinajstić information content (AvgIpc) is 2.88. The Labute approximate surface area is 82.6 Å². The van der Waals surface area contributed by atoms with E-state index in [0.29, 0.717) is 13.2 Å². The van der Waals surface area contributed by atoms with Gasteiger partial charge in [0.05, 0.1) is 19.8 Å². The Bertz CT molecular complexity index is 304. The van der Waals surface area contributed by atoms with Gasteiger partial charge in [0.1, 0.15) is 11.4 Å². The van der Waals surface area contributed by atoms with E-state index in [4.69, 9.17) is 9.47 Å². The summed E-state index contributed by atoms with van der Waals surface area (Å²) in [5.74, 6) is -0.216. The first kappa shape index (κ1) is 9.62. The van der Waals surface area contributed by atoms with E-state index in [-0.39, 0.29) is 11.4 Å². The highest BCUT2D eigenvalue weighted by atomic mass is 19.1. The van der Waals surface area contributed by atoms with Gasteiger partial charge in [0, 0.05) is 0 Å². The zero-order valence-electron chi connectivity index (χ0n) is 8.13. The van der Waals surface area contributed by atoms with Gasteiger partial charge in [-0.1, -0.05) is 12.1 Å². The second-order valence-corrected chi connectivity index (χ2v) is 3.86. The van der Waals surface area contributed by atoms with Crippen LogP contribution in [0.15, 0.2) is 24.3 Å². The average molecular weight is 196 g/mol. The van der Waals surface area contributed by atoms with Gasteiger partial charge < -0.3 is 9.47 Å². The van der Waals surface area contributed by atoms with Crippen LogP contribution >= 0.6 is 0 Å². The number of hydrogen-bond donors (Lipinski definition) is 0. The molecule has 1 heterocycles. The lowest BCUT2D eigenvalue weighted by atomic mass is 10.2. The Balaban J connectivity index is 1.77. The summed E-state index contributed by atoms with van der Waals surface area (Å²) < 4.78 is 23.2. The molecule has 1 fully saturated rings. The smallest absolute Gasteiger partial charge is 0.123 e. The molecule has 14 heavy (non-hydrogen) atoms. The van der Waals surface area contributed by atoms with Crippen molar-refractivity contribution in [2.24, 2.45) is 0 Å². The summed E-state index contributed by atoms with van der Waals surface area (Å²) in [6.07, 6.45) is 0. The van der Waals surface area contributed by atoms with E-state index in [0.717, 1.165) is 12.2 Å². The molecule has 2 rings (SSSR count). The maximum absolute atomic E-state index is 12.5. The van der Waals surface area contributed by atoms with Crippen LogP contribution in [-0.2, 0) is 16.1 Å². The maximum Gasteiger partial charge on any atom is 0.123 e. The number of halogens is 1. The standard InChI is InChI=1S/C11H13FO2/c1-11(8-14-11)7-13-6-9-2-4-10(12)5-3-9/h2-5H,6-8H2,1H3. The minimum Gasteiger partial charge on any atom is -0.374 e. The molecule has 1 atom stereocenters. The second-order valence-electron chi connectivity index (χ2n) is 3.86. The van der Waals surface area contributed by atoms with Crippen molar-refractivity contribution in [2.75, 3.05) is 13.2 Å². The zero-order valence-corrected chi connectivity index (χ0v) is 8.13. The van der Waals surface area contributed by atoms with Crippen LogP contribution in [0.2, 0.25) is 0 Å². The van der Waals surface area contributed by atoms with Crippen molar-refractivity contribution in [1.82, 2.24) is 0 Å². The van der Waals surface area contributed by atoms with Gasteiger partial charge in [-0.3, -0.25) is 0 Å². The van der Waals surface area contributed by atoms with Crippen molar-refractivity contribution in [1.29, 1.82) is 0 Å². The molecule has 2 nitrogen and oxygen atoms in total. The van der Waals surface area contributed by atoms with Gasteiger partial charge in [0.2, 0.25) is 0 Å². The summed E-state index contributed by atoms with van der Waals surface area (Å²) in [6, 6.07) is 6.33. The van der Waals surface area contributed by atoms with Crippen LogP contribution in [0.1, 0.15) is 12.5 Å². The van der Waals surface area contributed by atoms with E-state index in [1.807, 2.05) is 6.92 Å². The molecule has 0 saturated carbocycles. The van der Waals surface area contributed by atoms with Crippen LogP contribution in [0, 0.1) is 5.82 Å². The molecule has 1 aliphatic rings. The van der Waals surface area contributed by atoms with Crippen molar-refractivity contribution in [3.63, 3.8) is 0 Å². The summed E-state index contributed by atoms with van der Waals surface area (Å²) in [5, 5.41) is 0. The molecular formula is C11H13FO2. The van der Waals surface area contributed by atoms with Gasteiger partial charge in [-0.05, 0) is 24.6 Å². The normalized spacial score (nSPS) is 25.0. The molecule has 0 amide bonds. The molecule has 0 radical (unpaired) electrons.